The van der Waals surface area contributed by atoms with Gasteiger partial charge in [0.05, 0.1) is 24.2 Å². The smallest absolute Gasteiger partial charge is 0.173 e. The van der Waals surface area contributed by atoms with E-state index >= 15 is 0 Å². The molecule has 0 saturated heterocycles. The Labute approximate surface area is 88.3 Å². The average molecular weight is 201 g/mol. The van der Waals surface area contributed by atoms with Crippen LogP contribution in [0, 0.1) is 17.2 Å². The number of fused-ring (bicyclic) bond motifs is 1. The summed E-state index contributed by atoms with van der Waals surface area (Å²) in [5.74, 6) is 0.613. The summed E-state index contributed by atoms with van der Waals surface area (Å²) in [5.41, 5.74) is 0.645. The van der Waals surface area contributed by atoms with Crippen LogP contribution in [0.3, 0.4) is 0 Å². The van der Waals surface area contributed by atoms with E-state index in [1.54, 1.807) is 12.1 Å². The van der Waals surface area contributed by atoms with E-state index in [0.29, 0.717) is 30.8 Å². The molecule has 3 nitrogen and oxygen atoms in total. The maximum Gasteiger partial charge on any atom is 0.173 e. The number of carbonyl (C=O) groups is 1. The Hall–Kier alpha value is -1.82. The molecule has 1 atom stereocenters. The SMILES string of the molecule is N#CCCC1COc2ccccc2C1=O. The summed E-state index contributed by atoms with van der Waals surface area (Å²) in [7, 11) is 0. The topological polar surface area (TPSA) is 50.1 Å². The zero-order valence-corrected chi connectivity index (χ0v) is 8.27. The Morgan fingerprint density at radius 3 is 3.07 bits per heavy atom. The molecule has 0 amide bonds. The molecule has 15 heavy (non-hydrogen) atoms. The van der Waals surface area contributed by atoms with Crippen LogP contribution in [0.1, 0.15) is 23.2 Å². The highest BCUT2D eigenvalue weighted by molar-refractivity contribution is 6.01. The molecule has 0 bridgehead atoms. The number of hydrogen-bond acceptors (Lipinski definition) is 3. The van der Waals surface area contributed by atoms with E-state index in [2.05, 4.69) is 6.07 Å². The number of para-hydroxylation sites is 1. The van der Waals surface area contributed by atoms with Crippen molar-refractivity contribution in [1.29, 1.82) is 5.26 Å². The number of hydrogen-bond donors (Lipinski definition) is 0. The van der Waals surface area contributed by atoms with E-state index in [1.807, 2.05) is 12.1 Å². The monoisotopic (exact) mass is 201 g/mol. The van der Waals surface area contributed by atoms with E-state index in [4.69, 9.17) is 10.00 Å². The fourth-order valence-electron chi connectivity index (χ4n) is 1.74. The number of ether oxygens (including phenoxy) is 1. The molecule has 76 valence electrons. The van der Waals surface area contributed by atoms with Crippen molar-refractivity contribution in [3.05, 3.63) is 29.8 Å². The van der Waals surface area contributed by atoms with E-state index in [0.717, 1.165) is 0 Å². The van der Waals surface area contributed by atoms with Gasteiger partial charge in [-0.25, -0.2) is 0 Å². The number of ketones is 1. The molecule has 1 aliphatic rings. The van der Waals surface area contributed by atoms with Crippen LogP contribution in [0.4, 0.5) is 0 Å². The van der Waals surface area contributed by atoms with Gasteiger partial charge in [0.15, 0.2) is 5.78 Å². The largest absolute Gasteiger partial charge is 0.492 e. The number of Topliss-reactive ketones (excluding diaryl/α,β-unsaturated/α-hetero) is 1. The Morgan fingerprint density at radius 1 is 1.47 bits per heavy atom. The predicted molar refractivity (Wildman–Crippen MR) is 54.6 cm³/mol. The fraction of sp³-hybridized carbons (Fsp3) is 0.333. The second-order valence-electron chi connectivity index (χ2n) is 3.57. The van der Waals surface area contributed by atoms with Gasteiger partial charge in [-0.15, -0.1) is 0 Å². The summed E-state index contributed by atoms with van der Waals surface area (Å²) in [4.78, 5) is 11.9. The lowest BCUT2D eigenvalue weighted by Crippen LogP contribution is -2.27. The third kappa shape index (κ3) is 1.84. The first-order valence-electron chi connectivity index (χ1n) is 4.96. The summed E-state index contributed by atoms with van der Waals surface area (Å²) in [5, 5.41) is 8.48. The predicted octanol–water partition coefficient (Wildman–Crippen LogP) is 2.18. The maximum atomic E-state index is 11.9. The van der Waals surface area contributed by atoms with Crippen molar-refractivity contribution in [2.45, 2.75) is 12.8 Å². The average Bonchev–Trinajstić information content (AvgIpc) is 2.29. The molecule has 0 saturated carbocycles. The summed E-state index contributed by atoms with van der Waals surface area (Å²) >= 11 is 0. The van der Waals surface area contributed by atoms with Crippen LogP contribution in [-0.2, 0) is 0 Å². The Morgan fingerprint density at radius 2 is 2.27 bits per heavy atom. The second-order valence-corrected chi connectivity index (χ2v) is 3.57. The summed E-state index contributed by atoms with van der Waals surface area (Å²) in [6.07, 6.45) is 0.992. The fourth-order valence-corrected chi connectivity index (χ4v) is 1.74. The molecular weight excluding hydrogens is 190 g/mol. The molecule has 0 spiro atoms. The summed E-state index contributed by atoms with van der Waals surface area (Å²) in [6.45, 7) is 0.400. The maximum absolute atomic E-state index is 11.9. The first kappa shape index (κ1) is 9.72. The molecule has 0 radical (unpaired) electrons. The van der Waals surface area contributed by atoms with Crippen molar-refractivity contribution >= 4 is 5.78 Å². The van der Waals surface area contributed by atoms with Gasteiger partial charge in [-0.05, 0) is 18.6 Å². The minimum absolute atomic E-state index is 0.104. The van der Waals surface area contributed by atoms with Gasteiger partial charge in [0.1, 0.15) is 5.75 Å². The normalized spacial score (nSPS) is 18.9. The van der Waals surface area contributed by atoms with Gasteiger partial charge < -0.3 is 4.74 Å². The van der Waals surface area contributed by atoms with Crippen molar-refractivity contribution in [1.82, 2.24) is 0 Å². The van der Waals surface area contributed by atoms with Crippen LogP contribution in [0.2, 0.25) is 0 Å². The van der Waals surface area contributed by atoms with Gasteiger partial charge in [0, 0.05) is 6.42 Å². The first-order valence-corrected chi connectivity index (χ1v) is 4.96. The highest BCUT2D eigenvalue weighted by Gasteiger charge is 2.27. The third-order valence-corrected chi connectivity index (χ3v) is 2.57. The minimum Gasteiger partial charge on any atom is -0.492 e. The number of rotatable bonds is 2. The Kier molecular flexibility index (Phi) is 2.68. The van der Waals surface area contributed by atoms with Gasteiger partial charge in [-0.2, -0.15) is 5.26 Å². The second kappa shape index (κ2) is 4.14. The Balaban J connectivity index is 2.19. The van der Waals surface area contributed by atoms with Gasteiger partial charge in [-0.1, -0.05) is 12.1 Å². The molecular formula is C12H11NO2. The van der Waals surface area contributed by atoms with Crippen LogP contribution >= 0.6 is 0 Å². The molecule has 0 fully saturated rings. The zero-order valence-electron chi connectivity index (χ0n) is 8.27. The molecule has 1 heterocycles. The van der Waals surface area contributed by atoms with Crippen LogP contribution in [0.25, 0.3) is 0 Å². The van der Waals surface area contributed by atoms with E-state index in [-0.39, 0.29) is 11.7 Å². The zero-order chi connectivity index (χ0) is 10.7. The van der Waals surface area contributed by atoms with E-state index in [1.165, 1.54) is 0 Å². The molecule has 2 rings (SSSR count). The molecule has 0 aromatic heterocycles. The molecule has 1 unspecified atom stereocenters. The summed E-state index contributed by atoms with van der Waals surface area (Å²) < 4.78 is 5.47. The lowest BCUT2D eigenvalue weighted by Gasteiger charge is -2.23. The number of nitriles is 1. The molecule has 0 aliphatic carbocycles. The highest BCUT2D eigenvalue weighted by Crippen LogP contribution is 2.28. The van der Waals surface area contributed by atoms with Gasteiger partial charge in [0.25, 0.3) is 0 Å². The summed E-state index contributed by atoms with van der Waals surface area (Å²) in [6, 6.07) is 9.30. The number of benzene rings is 1. The minimum atomic E-state index is -0.153. The molecule has 1 aliphatic heterocycles. The van der Waals surface area contributed by atoms with Gasteiger partial charge in [-0.3, -0.25) is 4.79 Å². The van der Waals surface area contributed by atoms with Crippen molar-refractivity contribution in [3.8, 4) is 11.8 Å². The van der Waals surface area contributed by atoms with Crippen molar-refractivity contribution in [2.75, 3.05) is 6.61 Å². The molecule has 3 heteroatoms. The van der Waals surface area contributed by atoms with Crippen LogP contribution in [0.5, 0.6) is 5.75 Å². The standard InChI is InChI=1S/C12H11NO2/c13-7-3-4-9-8-15-11-6-2-1-5-10(11)12(9)14/h1-2,5-6,9H,3-4,8H2. The number of carbonyl (C=O) groups excluding carboxylic acids is 1. The van der Waals surface area contributed by atoms with Crippen molar-refractivity contribution < 1.29 is 9.53 Å². The first-order chi connectivity index (χ1) is 7.33. The molecule has 1 aromatic rings. The van der Waals surface area contributed by atoms with Crippen molar-refractivity contribution in [2.24, 2.45) is 5.92 Å². The van der Waals surface area contributed by atoms with Crippen LogP contribution in [0.15, 0.2) is 24.3 Å². The highest BCUT2D eigenvalue weighted by atomic mass is 16.5. The van der Waals surface area contributed by atoms with Crippen LogP contribution < -0.4 is 4.74 Å². The van der Waals surface area contributed by atoms with Gasteiger partial charge in [0.2, 0.25) is 0 Å². The van der Waals surface area contributed by atoms with E-state index < -0.39 is 0 Å². The lowest BCUT2D eigenvalue weighted by molar-refractivity contribution is 0.0822. The lowest BCUT2D eigenvalue weighted by atomic mass is 9.92. The Bertz CT molecular complexity index is 420. The van der Waals surface area contributed by atoms with Crippen molar-refractivity contribution in [3.63, 3.8) is 0 Å². The third-order valence-electron chi connectivity index (χ3n) is 2.57. The number of nitrogens with zero attached hydrogens (tertiary/aromatic N) is 1. The molecule has 1 aromatic carbocycles. The van der Waals surface area contributed by atoms with Crippen LogP contribution in [-0.4, -0.2) is 12.4 Å². The molecule has 0 N–H and O–H groups in total. The quantitative estimate of drug-likeness (QED) is 0.736. The van der Waals surface area contributed by atoms with E-state index in [9.17, 15) is 4.79 Å². The van der Waals surface area contributed by atoms with Gasteiger partial charge >= 0.3 is 0 Å².